The number of amides is 1. The van der Waals surface area contributed by atoms with E-state index in [1.807, 2.05) is 51.5 Å². The maximum atomic E-state index is 12.9. The second-order valence-electron chi connectivity index (χ2n) is 6.75. The number of likely N-dealkylation sites (N-methyl/N-ethyl adjacent to an activating group) is 2. The number of nitrogens with zero attached hydrogens (tertiary/aromatic N) is 1. The Morgan fingerprint density at radius 1 is 1.08 bits per heavy atom. The van der Waals surface area contributed by atoms with Crippen molar-refractivity contribution < 1.29 is 4.79 Å². The van der Waals surface area contributed by atoms with Crippen molar-refractivity contribution in [1.29, 1.82) is 0 Å². The molecule has 0 aromatic heterocycles. The van der Waals surface area contributed by atoms with Crippen molar-refractivity contribution in [1.82, 2.24) is 15.5 Å². The fourth-order valence-corrected chi connectivity index (χ4v) is 3.06. The Labute approximate surface area is 151 Å². The average Bonchev–Trinajstić information content (AvgIpc) is 2.57. The van der Waals surface area contributed by atoms with Gasteiger partial charge in [-0.25, -0.2) is 0 Å². The Morgan fingerprint density at radius 3 is 2.44 bits per heavy atom. The monoisotopic (exact) mass is 339 g/mol. The summed E-state index contributed by atoms with van der Waals surface area (Å²) in [5.74, 6) is -0.00303. The smallest absolute Gasteiger partial charge is 0.251 e. The summed E-state index contributed by atoms with van der Waals surface area (Å²) in [6.45, 7) is 3.61. The minimum atomic E-state index is -0.00303. The topological polar surface area (TPSA) is 44.4 Å². The molecule has 4 nitrogen and oxygen atoms in total. The summed E-state index contributed by atoms with van der Waals surface area (Å²) < 4.78 is 0. The lowest BCUT2D eigenvalue weighted by molar-refractivity contribution is 0.0929. The van der Waals surface area contributed by atoms with Gasteiger partial charge in [-0.3, -0.25) is 4.79 Å². The molecule has 0 aliphatic carbocycles. The van der Waals surface area contributed by atoms with E-state index < -0.39 is 0 Å². The first-order valence-electron chi connectivity index (χ1n) is 8.74. The van der Waals surface area contributed by atoms with Crippen LogP contribution in [-0.4, -0.2) is 51.1 Å². The molecule has 1 amide bonds. The number of carbonyl (C=O) groups is 1. The number of benzene rings is 2. The van der Waals surface area contributed by atoms with E-state index in [0.29, 0.717) is 0 Å². The van der Waals surface area contributed by atoms with Gasteiger partial charge >= 0.3 is 0 Å². The van der Waals surface area contributed by atoms with Crippen LogP contribution in [0.15, 0.2) is 48.5 Å². The Bertz CT molecular complexity index is 683. The predicted octanol–water partition coefficient (Wildman–Crippen LogP) is 2.47. The fourth-order valence-electron chi connectivity index (χ4n) is 3.06. The summed E-state index contributed by atoms with van der Waals surface area (Å²) in [6, 6.07) is 16.3. The van der Waals surface area contributed by atoms with Gasteiger partial charge in [-0.1, -0.05) is 42.5 Å². The molecule has 2 aromatic carbocycles. The molecule has 0 bridgehead atoms. The molecule has 0 saturated heterocycles. The average molecular weight is 339 g/mol. The van der Waals surface area contributed by atoms with Crippen LogP contribution in [0.4, 0.5) is 0 Å². The van der Waals surface area contributed by atoms with E-state index in [2.05, 4.69) is 40.7 Å². The zero-order chi connectivity index (χ0) is 18.2. The van der Waals surface area contributed by atoms with Crippen molar-refractivity contribution in [2.24, 2.45) is 0 Å². The second-order valence-corrected chi connectivity index (χ2v) is 6.75. The van der Waals surface area contributed by atoms with Crippen LogP contribution in [0.3, 0.4) is 0 Å². The van der Waals surface area contributed by atoms with Crippen molar-refractivity contribution in [2.45, 2.75) is 19.4 Å². The van der Waals surface area contributed by atoms with Crippen molar-refractivity contribution in [3.05, 3.63) is 70.8 Å². The van der Waals surface area contributed by atoms with Gasteiger partial charge in [0.15, 0.2) is 0 Å². The van der Waals surface area contributed by atoms with Crippen molar-refractivity contribution >= 4 is 5.91 Å². The molecule has 0 fully saturated rings. The van der Waals surface area contributed by atoms with Crippen LogP contribution in [0.5, 0.6) is 0 Å². The molecule has 0 aliphatic heterocycles. The van der Waals surface area contributed by atoms with E-state index in [9.17, 15) is 4.79 Å². The quantitative estimate of drug-likeness (QED) is 0.776. The number of nitrogens with one attached hydrogen (secondary N) is 2. The lowest BCUT2D eigenvalue weighted by Gasteiger charge is -2.23. The third-order valence-corrected chi connectivity index (χ3v) is 4.25. The Balaban J connectivity index is 2.22. The summed E-state index contributed by atoms with van der Waals surface area (Å²) in [4.78, 5) is 15.0. The van der Waals surface area contributed by atoms with E-state index >= 15 is 0 Å². The molecule has 0 radical (unpaired) electrons. The van der Waals surface area contributed by atoms with Crippen LogP contribution < -0.4 is 10.6 Å². The summed E-state index contributed by atoms with van der Waals surface area (Å²) in [5, 5.41) is 6.33. The maximum absolute atomic E-state index is 12.9. The maximum Gasteiger partial charge on any atom is 0.251 e. The molecule has 134 valence electrons. The lowest BCUT2D eigenvalue weighted by atomic mass is 9.95. The molecule has 2 aromatic rings. The first kappa shape index (κ1) is 19.2. The van der Waals surface area contributed by atoms with Gasteiger partial charge in [-0.05, 0) is 57.2 Å². The standard InChI is InChI=1S/C21H29N3O/c1-16-9-8-12-19(20(16)13-17-10-6-5-7-11-17)21(25)23-18(14-22-2)15-24(3)4/h5-12,18,22H,13-15H2,1-4H3,(H,23,25). The second kappa shape index (κ2) is 9.35. The summed E-state index contributed by atoms with van der Waals surface area (Å²) in [5.41, 5.74) is 4.23. The van der Waals surface area contributed by atoms with Gasteiger partial charge in [0.2, 0.25) is 0 Å². The molecule has 0 aliphatic rings. The first-order valence-corrected chi connectivity index (χ1v) is 8.74. The van der Waals surface area contributed by atoms with Crippen molar-refractivity contribution in [3.63, 3.8) is 0 Å². The Kier molecular flexibility index (Phi) is 7.16. The SMILES string of the molecule is CNCC(CN(C)C)NC(=O)c1cccc(C)c1Cc1ccccc1. The van der Waals surface area contributed by atoms with Gasteiger partial charge < -0.3 is 15.5 Å². The number of rotatable bonds is 8. The molecule has 2 rings (SSSR count). The number of hydrogen-bond donors (Lipinski definition) is 2. The van der Waals surface area contributed by atoms with E-state index in [1.165, 1.54) is 5.56 Å². The predicted molar refractivity (Wildman–Crippen MR) is 104 cm³/mol. The largest absolute Gasteiger partial charge is 0.347 e. The minimum Gasteiger partial charge on any atom is -0.347 e. The van der Waals surface area contributed by atoms with Crippen molar-refractivity contribution in [2.75, 3.05) is 34.2 Å². The normalized spacial score (nSPS) is 12.2. The van der Waals surface area contributed by atoms with Gasteiger partial charge in [-0.2, -0.15) is 0 Å². The van der Waals surface area contributed by atoms with Crippen LogP contribution in [0, 0.1) is 6.92 Å². The molecular formula is C21H29N3O. The van der Waals surface area contributed by atoms with Gasteiger partial charge in [0.1, 0.15) is 0 Å². The zero-order valence-electron chi connectivity index (χ0n) is 15.7. The Morgan fingerprint density at radius 2 is 1.80 bits per heavy atom. The minimum absolute atomic E-state index is 0.00303. The molecular weight excluding hydrogens is 310 g/mol. The van der Waals surface area contributed by atoms with E-state index in [4.69, 9.17) is 0 Å². The molecule has 25 heavy (non-hydrogen) atoms. The van der Waals surface area contributed by atoms with Gasteiger partial charge in [0.05, 0.1) is 6.04 Å². The summed E-state index contributed by atoms with van der Waals surface area (Å²) in [6.07, 6.45) is 0.765. The molecule has 1 unspecified atom stereocenters. The van der Waals surface area contributed by atoms with Crippen LogP contribution in [0.2, 0.25) is 0 Å². The lowest BCUT2D eigenvalue weighted by Crippen LogP contribution is -2.47. The number of hydrogen-bond acceptors (Lipinski definition) is 3. The van der Waals surface area contributed by atoms with E-state index in [1.54, 1.807) is 0 Å². The van der Waals surface area contributed by atoms with E-state index in [0.717, 1.165) is 36.2 Å². The van der Waals surface area contributed by atoms with Gasteiger partial charge in [-0.15, -0.1) is 0 Å². The highest BCUT2D eigenvalue weighted by Gasteiger charge is 2.18. The van der Waals surface area contributed by atoms with Gasteiger partial charge in [0.25, 0.3) is 5.91 Å². The third kappa shape index (κ3) is 5.69. The van der Waals surface area contributed by atoms with Crippen LogP contribution in [-0.2, 0) is 6.42 Å². The number of aryl methyl sites for hydroxylation is 1. The molecule has 4 heteroatoms. The van der Waals surface area contributed by atoms with Crippen LogP contribution >= 0.6 is 0 Å². The highest BCUT2D eigenvalue weighted by Crippen LogP contribution is 2.19. The van der Waals surface area contributed by atoms with Crippen molar-refractivity contribution in [3.8, 4) is 0 Å². The highest BCUT2D eigenvalue weighted by molar-refractivity contribution is 5.96. The van der Waals surface area contributed by atoms with Crippen LogP contribution in [0.1, 0.15) is 27.0 Å². The fraction of sp³-hybridized carbons (Fsp3) is 0.381. The third-order valence-electron chi connectivity index (χ3n) is 4.25. The van der Waals surface area contributed by atoms with Gasteiger partial charge in [0, 0.05) is 18.7 Å². The van der Waals surface area contributed by atoms with E-state index in [-0.39, 0.29) is 11.9 Å². The molecule has 1 atom stereocenters. The zero-order valence-corrected chi connectivity index (χ0v) is 15.7. The molecule has 2 N–H and O–H groups in total. The summed E-state index contributed by atoms with van der Waals surface area (Å²) in [7, 11) is 5.94. The Hall–Kier alpha value is -2.17. The number of carbonyl (C=O) groups excluding carboxylic acids is 1. The molecule has 0 spiro atoms. The molecule has 0 saturated carbocycles. The first-order chi connectivity index (χ1) is 12.0. The molecule has 0 heterocycles. The summed E-state index contributed by atoms with van der Waals surface area (Å²) >= 11 is 0. The van der Waals surface area contributed by atoms with Crippen LogP contribution in [0.25, 0.3) is 0 Å². The highest BCUT2D eigenvalue weighted by atomic mass is 16.1.